The van der Waals surface area contributed by atoms with Gasteiger partial charge in [-0.2, -0.15) is 0 Å². The zero-order chi connectivity index (χ0) is 22.8. The molecule has 3 aromatic rings. The number of thioether (sulfide) groups is 1. The zero-order valence-electron chi connectivity index (χ0n) is 18.5. The van der Waals surface area contributed by atoms with Crippen LogP contribution in [0.4, 0.5) is 4.39 Å². The van der Waals surface area contributed by atoms with Crippen LogP contribution >= 0.6 is 24.2 Å². The summed E-state index contributed by atoms with van der Waals surface area (Å²) in [6.07, 6.45) is 2.12. The molecule has 0 spiro atoms. The van der Waals surface area contributed by atoms with E-state index >= 15 is 0 Å². The summed E-state index contributed by atoms with van der Waals surface area (Å²) in [6, 6.07) is 17.6. The second-order valence-electron chi connectivity index (χ2n) is 8.36. The molecule has 8 heteroatoms. The Morgan fingerprint density at radius 1 is 1.00 bits per heavy atom. The first-order valence-corrected chi connectivity index (χ1v) is 12.1. The molecule has 0 bridgehead atoms. The first-order chi connectivity index (χ1) is 16.1. The van der Waals surface area contributed by atoms with Crippen molar-refractivity contribution >= 4 is 24.2 Å². The Balaban J connectivity index is 0.00000274. The Bertz CT molecular complexity index is 1120. The number of fused-ring (bicyclic) bond motifs is 1. The number of aromatic hydroxyl groups is 2. The molecule has 3 aromatic carbocycles. The van der Waals surface area contributed by atoms with Crippen molar-refractivity contribution in [3.63, 3.8) is 0 Å². The monoisotopic (exact) mass is 503 g/mol. The molecule has 2 aliphatic heterocycles. The number of rotatable bonds is 6. The van der Waals surface area contributed by atoms with Crippen molar-refractivity contribution in [2.24, 2.45) is 0 Å². The van der Waals surface area contributed by atoms with Crippen LogP contribution in [0.3, 0.4) is 0 Å². The van der Waals surface area contributed by atoms with Crippen molar-refractivity contribution in [3.8, 4) is 23.0 Å². The number of hydrogen-bond donors (Lipinski definition) is 2. The molecule has 0 aliphatic carbocycles. The van der Waals surface area contributed by atoms with Crippen LogP contribution < -0.4 is 9.47 Å². The van der Waals surface area contributed by atoms with E-state index in [-0.39, 0.29) is 28.3 Å². The third-order valence-electron chi connectivity index (χ3n) is 6.10. The lowest BCUT2D eigenvalue weighted by Crippen LogP contribution is -2.25. The van der Waals surface area contributed by atoms with Crippen LogP contribution in [0.15, 0.2) is 65.6 Å². The number of nitrogens with zero attached hydrogens (tertiary/aromatic N) is 1. The normalized spacial score (nSPS) is 19.7. The molecule has 2 atom stereocenters. The van der Waals surface area contributed by atoms with Crippen molar-refractivity contribution in [2.75, 3.05) is 26.2 Å². The summed E-state index contributed by atoms with van der Waals surface area (Å²) >= 11 is 1.29. The summed E-state index contributed by atoms with van der Waals surface area (Å²) in [5, 5.41) is 19.5. The maximum absolute atomic E-state index is 14.6. The van der Waals surface area contributed by atoms with E-state index in [0.717, 1.165) is 36.5 Å². The van der Waals surface area contributed by atoms with Crippen LogP contribution in [0.2, 0.25) is 0 Å². The zero-order valence-corrected chi connectivity index (χ0v) is 20.2. The number of likely N-dealkylation sites (tertiary alicyclic amines) is 1. The second kappa shape index (κ2) is 10.8. The Labute approximate surface area is 208 Å². The van der Waals surface area contributed by atoms with E-state index in [1.54, 1.807) is 24.3 Å². The third-order valence-corrected chi connectivity index (χ3v) is 7.49. The lowest BCUT2D eigenvalue weighted by molar-refractivity contribution is 0.187. The highest BCUT2D eigenvalue weighted by Crippen LogP contribution is 2.55. The van der Waals surface area contributed by atoms with E-state index in [1.165, 1.54) is 30.7 Å². The average Bonchev–Trinajstić information content (AvgIpc) is 3.35. The van der Waals surface area contributed by atoms with E-state index < -0.39 is 17.7 Å². The Morgan fingerprint density at radius 3 is 2.50 bits per heavy atom. The highest BCUT2D eigenvalue weighted by atomic mass is 35.5. The Morgan fingerprint density at radius 2 is 1.76 bits per heavy atom. The molecular formula is C26H27ClFNO4S. The summed E-state index contributed by atoms with van der Waals surface area (Å²) in [4.78, 5) is 2.68. The topological polar surface area (TPSA) is 62.2 Å². The quantitative estimate of drug-likeness (QED) is 0.424. The number of halogens is 2. The summed E-state index contributed by atoms with van der Waals surface area (Å²) in [5.74, 6) is 0.223. The van der Waals surface area contributed by atoms with Crippen molar-refractivity contribution in [3.05, 3.63) is 77.6 Å². The smallest absolute Gasteiger partial charge is 0.182 e. The predicted molar refractivity (Wildman–Crippen MR) is 133 cm³/mol. The van der Waals surface area contributed by atoms with Gasteiger partial charge in [-0.25, -0.2) is 4.39 Å². The first kappa shape index (κ1) is 24.5. The number of phenols is 2. The minimum atomic E-state index is -0.692. The molecule has 0 saturated carbocycles. The van der Waals surface area contributed by atoms with Gasteiger partial charge in [-0.05, 0) is 73.5 Å². The van der Waals surface area contributed by atoms with E-state index in [2.05, 4.69) is 4.90 Å². The molecule has 0 amide bonds. The second-order valence-corrected chi connectivity index (χ2v) is 9.52. The fourth-order valence-corrected chi connectivity index (χ4v) is 5.67. The standard InChI is InChI=1S/C26H26FNO4S.ClH/c27-23-21(30)10-11-22-26(23)33-25(18-4-3-5-19(29)16-18)24(32-22)17-6-8-20(9-7-17)31-15-14-28-12-1-2-13-28;/h3-11,16,24-25,29-30H,1-2,12-15H2;1H/t24-,25+;/m0./s1. The Kier molecular flexibility index (Phi) is 7.76. The summed E-state index contributed by atoms with van der Waals surface area (Å²) < 4.78 is 26.8. The molecule has 0 radical (unpaired) electrons. The van der Waals surface area contributed by atoms with Gasteiger partial charge in [0.1, 0.15) is 30.0 Å². The lowest BCUT2D eigenvalue weighted by Gasteiger charge is -2.34. The molecule has 1 saturated heterocycles. The first-order valence-electron chi connectivity index (χ1n) is 11.2. The third kappa shape index (κ3) is 5.22. The van der Waals surface area contributed by atoms with Crippen LogP contribution in [0, 0.1) is 5.82 Å². The van der Waals surface area contributed by atoms with Gasteiger partial charge in [0.15, 0.2) is 11.6 Å². The molecule has 5 rings (SSSR count). The SMILES string of the molecule is Cl.Oc1cccc([C@H]2Sc3c(ccc(O)c3F)O[C@H]2c2ccc(OCCN3CCCC3)cc2)c1. The fourth-order valence-electron chi connectivity index (χ4n) is 4.36. The minimum Gasteiger partial charge on any atom is -0.508 e. The van der Waals surface area contributed by atoms with Gasteiger partial charge in [0.25, 0.3) is 0 Å². The molecule has 1 fully saturated rings. The van der Waals surface area contributed by atoms with Gasteiger partial charge in [-0.1, -0.05) is 24.3 Å². The van der Waals surface area contributed by atoms with Crippen molar-refractivity contribution in [2.45, 2.75) is 29.1 Å². The number of phenolic OH excluding ortho intramolecular Hbond substituents is 2. The molecular weight excluding hydrogens is 477 g/mol. The van der Waals surface area contributed by atoms with Crippen molar-refractivity contribution in [1.82, 2.24) is 4.90 Å². The maximum Gasteiger partial charge on any atom is 0.182 e. The average molecular weight is 504 g/mol. The van der Waals surface area contributed by atoms with Gasteiger partial charge in [-0.15, -0.1) is 24.2 Å². The molecule has 2 N–H and O–H groups in total. The molecule has 2 aliphatic rings. The molecule has 2 heterocycles. The minimum absolute atomic E-state index is 0. The number of hydrogen-bond acceptors (Lipinski definition) is 6. The van der Waals surface area contributed by atoms with Gasteiger partial charge < -0.3 is 19.7 Å². The van der Waals surface area contributed by atoms with E-state index in [0.29, 0.717) is 12.4 Å². The van der Waals surface area contributed by atoms with Crippen molar-refractivity contribution in [1.29, 1.82) is 0 Å². The summed E-state index contributed by atoms with van der Waals surface area (Å²) in [5.41, 5.74) is 1.73. The van der Waals surface area contributed by atoms with Gasteiger partial charge in [0.2, 0.25) is 0 Å². The number of ether oxygens (including phenoxy) is 2. The molecule has 5 nitrogen and oxygen atoms in total. The lowest BCUT2D eigenvalue weighted by atomic mass is 10.00. The van der Waals surface area contributed by atoms with Crippen LogP contribution in [-0.2, 0) is 0 Å². The summed E-state index contributed by atoms with van der Waals surface area (Å²) in [6.45, 7) is 3.88. The van der Waals surface area contributed by atoms with Crippen molar-refractivity contribution < 1.29 is 24.1 Å². The highest BCUT2D eigenvalue weighted by molar-refractivity contribution is 7.99. The number of benzene rings is 3. The van der Waals surface area contributed by atoms with Crippen LogP contribution in [0.1, 0.15) is 35.3 Å². The van der Waals surface area contributed by atoms with E-state index in [4.69, 9.17) is 9.47 Å². The highest BCUT2D eigenvalue weighted by Gasteiger charge is 2.35. The van der Waals surface area contributed by atoms with Gasteiger partial charge in [0.05, 0.1) is 10.1 Å². The molecule has 0 unspecified atom stereocenters. The van der Waals surface area contributed by atoms with E-state index in [9.17, 15) is 14.6 Å². The van der Waals surface area contributed by atoms with Gasteiger partial charge in [0, 0.05) is 6.54 Å². The van der Waals surface area contributed by atoms with Gasteiger partial charge in [-0.3, -0.25) is 4.90 Å². The maximum atomic E-state index is 14.6. The van der Waals surface area contributed by atoms with Crippen LogP contribution in [0.5, 0.6) is 23.0 Å². The fraction of sp³-hybridized carbons (Fsp3) is 0.308. The predicted octanol–water partition coefficient (Wildman–Crippen LogP) is 6.10. The van der Waals surface area contributed by atoms with Crippen LogP contribution in [0.25, 0.3) is 0 Å². The summed E-state index contributed by atoms with van der Waals surface area (Å²) in [7, 11) is 0. The molecule has 180 valence electrons. The van der Waals surface area contributed by atoms with Gasteiger partial charge >= 0.3 is 0 Å². The van der Waals surface area contributed by atoms with Crippen LogP contribution in [-0.4, -0.2) is 41.4 Å². The molecule has 34 heavy (non-hydrogen) atoms. The Hall–Kier alpha value is -2.61. The van der Waals surface area contributed by atoms with E-state index in [1.807, 2.05) is 30.3 Å². The largest absolute Gasteiger partial charge is 0.508 e. The molecule has 0 aromatic heterocycles.